The lowest BCUT2D eigenvalue weighted by atomic mass is 10.4. The average Bonchev–Trinajstić information content (AvgIpc) is 2.60. The molecule has 1 atom stereocenters. The van der Waals surface area contributed by atoms with Gasteiger partial charge in [0.15, 0.2) is 24.3 Å². The van der Waals surface area contributed by atoms with E-state index in [0.29, 0.717) is 0 Å². The third-order valence-electron chi connectivity index (χ3n) is 2.35. The Morgan fingerprint density at radius 3 is 2.25 bits per heavy atom. The molecule has 1 heterocycles. The highest BCUT2D eigenvalue weighted by molar-refractivity contribution is 8.09. The molecule has 1 aliphatic heterocycles. The Hall–Kier alpha value is -1.14. The fourth-order valence-corrected chi connectivity index (χ4v) is 5.71. The lowest BCUT2D eigenvalue weighted by Gasteiger charge is -2.09. The van der Waals surface area contributed by atoms with Crippen molar-refractivity contribution in [2.45, 2.75) is 9.48 Å². The summed E-state index contributed by atoms with van der Waals surface area (Å²) >= 11 is 0. The van der Waals surface area contributed by atoms with Gasteiger partial charge in [0.2, 0.25) is 0 Å². The molecule has 0 saturated carbocycles. The van der Waals surface area contributed by atoms with Crippen LogP contribution >= 0.6 is 0 Å². The van der Waals surface area contributed by atoms with Gasteiger partial charge in [-0.3, -0.25) is 0 Å². The highest BCUT2D eigenvalue weighted by atomic mass is 32.3. The zero-order chi connectivity index (χ0) is 11.8. The topological polar surface area (TPSA) is 68.3 Å². The van der Waals surface area contributed by atoms with Crippen LogP contribution in [0.3, 0.4) is 0 Å². The summed E-state index contributed by atoms with van der Waals surface area (Å²) in [5.41, 5.74) is 0. The number of hydrogen-bond donors (Lipinski definition) is 0. The molecule has 86 valence electrons. The zero-order valence-electron chi connectivity index (χ0n) is 8.28. The van der Waals surface area contributed by atoms with Gasteiger partial charge in [-0.2, -0.15) is 0 Å². The summed E-state index contributed by atoms with van der Waals surface area (Å²) in [6.45, 7) is 0. The quantitative estimate of drug-likeness (QED) is 0.735. The molecule has 0 spiro atoms. The van der Waals surface area contributed by atoms with Crippen molar-refractivity contribution in [3.05, 3.63) is 42.5 Å². The minimum atomic E-state index is -3.82. The average molecular weight is 258 g/mol. The summed E-state index contributed by atoms with van der Waals surface area (Å²) < 4.78 is 45.7. The van der Waals surface area contributed by atoms with Gasteiger partial charge in [-0.25, -0.2) is 16.8 Å². The molecule has 0 bridgehead atoms. The fraction of sp³-hybridized carbons (Fsp3) is 0.200. The van der Waals surface area contributed by atoms with Gasteiger partial charge in [0.25, 0.3) is 0 Å². The van der Waals surface area contributed by atoms with E-state index in [1.807, 2.05) is 0 Å². The van der Waals surface area contributed by atoms with E-state index in [4.69, 9.17) is 0 Å². The van der Waals surface area contributed by atoms with Gasteiger partial charge in [0, 0.05) is 0 Å². The maximum Gasteiger partial charge on any atom is 0.199 e. The first kappa shape index (κ1) is 11.3. The van der Waals surface area contributed by atoms with Gasteiger partial charge in [0.1, 0.15) is 0 Å². The first-order valence-electron chi connectivity index (χ1n) is 4.62. The SMILES string of the molecule is O=S1(=O)CC=CC1S(=O)(=O)c1ccccc1. The van der Waals surface area contributed by atoms with Crippen LogP contribution in [-0.2, 0) is 19.7 Å². The Balaban J connectivity index is 2.54. The van der Waals surface area contributed by atoms with E-state index in [2.05, 4.69) is 0 Å². The van der Waals surface area contributed by atoms with Gasteiger partial charge >= 0.3 is 0 Å². The first-order chi connectivity index (χ1) is 7.44. The maximum atomic E-state index is 12.0. The molecule has 1 aromatic carbocycles. The van der Waals surface area contributed by atoms with Crippen molar-refractivity contribution in [3.8, 4) is 0 Å². The molecule has 0 fully saturated rings. The molecule has 0 N–H and O–H groups in total. The minimum absolute atomic E-state index is 0.0372. The largest absolute Gasteiger partial charge is 0.227 e. The number of sulfone groups is 2. The number of rotatable bonds is 2. The summed E-state index contributed by atoms with van der Waals surface area (Å²) in [5.74, 6) is -0.205. The zero-order valence-corrected chi connectivity index (χ0v) is 9.91. The van der Waals surface area contributed by atoms with Crippen molar-refractivity contribution in [3.63, 3.8) is 0 Å². The van der Waals surface area contributed by atoms with Crippen LogP contribution in [-0.4, -0.2) is 27.2 Å². The maximum absolute atomic E-state index is 12.0. The Kier molecular flexibility index (Phi) is 2.63. The van der Waals surface area contributed by atoms with Crippen molar-refractivity contribution >= 4 is 19.7 Å². The van der Waals surface area contributed by atoms with Gasteiger partial charge in [-0.15, -0.1) is 0 Å². The third kappa shape index (κ3) is 1.78. The van der Waals surface area contributed by atoms with Crippen LogP contribution < -0.4 is 0 Å². The van der Waals surface area contributed by atoms with Crippen molar-refractivity contribution in [1.82, 2.24) is 0 Å². The minimum Gasteiger partial charge on any atom is -0.227 e. The first-order valence-corrected chi connectivity index (χ1v) is 7.88. The molecule has 16 heavy (non-hydrogen) atoms. The Morgan fingerprint density at radius 1 is 1.12 bits per heavy atom. The third-order valence-corrected chi connectivity index (χ3v) is 7.21. The normalized spacial score (nSPS) is 23.4. The molecule has 1 aliphatic rings. The monoisotopic (exact) mass is 258 g/mol. The van der Waals surface area contributed by atoms with Crippen LogP contribution in [0.25, 0.3) is 0 Å². The predicted octanol–water partition coefficient (Wildman–Crippen LogP) is 0.771. The Bertz CT molecular complexity index is 612. The van der Waals surface area contributed by atoms with Crippen LogP contribution in [0.5, 0.6) is 0 Å². The van der Waals surface area contributed by atoms with Gasteiger partial charge in [-0.1, -0.05) is 30.4 Å². The number of benzene rings is 1. The standard InChI is InChI=1S/C10H10O4S2/c11-15(12)8-4-7-10(15)16(13,14)9-5-2-1-3-6-9/h1-7,10H,8H2. The van der Waals surface area contributed by atoms with E-state index in [-0.39, 0.29) is 10.6 Å². The second kappa shape index (κ2) is 3.71. The Morgan fingerprint density at radius 2 is 1.75 bits per heavy atom. The van der Waals surface area contributed by atoms with E-state index < -0.39 is 24.3 Å². The molecule has 0 amide bonds. The fourth-order valence-electron chi connectivity index (χ4n) is 1.56. The summed E-state index contributed by atoms with van der Waals surface area (Å²) in [5, 5.41) is 0. The molecule has 4 nitrogen and oxygen atoms in total. The summed E-state index contributed by atoms with van der Waals surface area (Å²) in [6.07, 6.45) is 2.61. The smallest absolute Gasteiger partial charge is 0.199 e. The van der Waals surface area contributed by atoms with Crippen molar-refractivity contribution < 1.29 is 16.8 Å². The lowest BCUT2D eigenvalue weighted by Crippen LogP contribution is -2.26. The molecular weight excluding hydrogens is 248 g/mol. The van der Waals surface area contributed by atoms with E-state index >= 15 is 0 Å². The molecule has 0 aromatic heterocycles. The highest BCUT2D eigenvalue weighted by Gasteiger charge is 2.38. The molecule has 0 saturated heterocycles. The highest BCUT2D eigenvalue weighted by Crippen LogP contribution is 2.25. The second-order valence-corrected chi connectivity index (χ2v) is 8.02. The van der Waals surface area contributed by atoms with Crippen LogP contribution in [0.15, 0.2) is 47.4 Å². The lowest BCUT2D eigenvalue weighted by molar-refractivity contribution is 0.585. The van der Waals surface area contributed by atoms with Crippen LogP contribution in [0, 0.1) is 0 Å². The van der Waals surface area contributed by atoms with Gasteiger partial charge < -0.3 is 0 Å². The molecular formula is C10H10O4S2. The predicted molar refractivity (Wildman–Crippen MR) is 60.3 cm³/mol. The molecule has 6 heteroatoms. The van der Waals surface area contributed by atoms with E-state index in [0.717, 1.165) is 0 Å². The van der Waals surface area contributed by atoms with Crippen LogP contribution in [0.1, 0.15) is 0 Å². The van der Waals surface area contributed by atoms with Crippen molar-refractivity contribution in [2.75, 3.05) is 5.75 Å². The van der Waals surface area contributed by atoms with E-state index in [1.165, 1.54) is 24.3 Å². The van der Waals surface area contributed by atoms with E-state index in [1.54, 1.807) is 18.2 Å². The molecule has 1 aromatic rings. The summed E-state index contributed by atoms with van der Waals surface area (Å²) in [4.78, 5) is 0.0372. The second-order valence-electron chi connectivity index (χ2n) is 3.48. The molecule has 2 rings (SSSR count). The van der Waals surface area contributed by atoms with Gasteiger partial charge in [-0.05, 0) is 12.1 Å². The summed E-state index contributed by atoms with van der Waals surface area (Å²) in [7, 11) is -7.41. The van der Waals surface area contributed by atoms with Gasteiger partial charge in [0.05, 0.1) is 10.6 Å². The van der Waals surface area contributed by atoms with E-state index in [9.17, 15) is 16.8 Å². The molecule has 0 aliphatic carbocycles. The van der Waals surface area contributed by atoms with Crippen molar-refractivity contribution in [1.29, 1.82) is 0 Å². The Labute approximate surface area is 94.4 Å². The number of hydrogen-bond acceptors (Lipinski definition) is 4. The summed E-state index contributed by atoms with van der Waals surface area (Å²) in [6, 6.07) is 7.61. The molecule has 0 radical (unpaired) electrons. The van der Waals surface area contributed by atoms with Crippen molar-refractivity contribution in [2.24, 2.45) is 0 Å². The van der Waals surface area contributed by atoms with Crippen LogP contribution in [0.4, 0.5) is 0 Å². The molecule has 1 unspecified atom stereocenters. The van der Waals surface area contributed by atoms with Crippen LogP contribution in [0.2, 0.25) is 0 Å².